The third kappa shape index (κ3) is 1.56. The van der Waals surface area contributed by atoms with Gasteiger partial charge in [0, 0.05) is 17.3 Å². The fourth-order valence-electron chi connectivity index (χ4n) is 1.36. The van der Waals surface area contributed by atoms with Gasteiger partial charge in [-0.3, -0.25) is 0 Å². The number of rotatable bonds is 3. The number of thiophene rings is 1. The first kappa shape index (κ1) is 9.02. The van der Waals surface area contributed by atoms with Crippen molar-refractivity contribution >= 4 is 17.3 Å². The van der Waals surface area contributed by atoms with Crippen LogP contribution in [0.2, 0.25) is 0 Å². The number of carbonyl (C=O) groups is 1. The highest BCUT2D eigenvalue weighted by Crippen LogP contribution is 2.23. The maximum absolute atomic E-state index is 11.1. The zero-order valence-electron chi connectivity index (χ0n) is 7.33. The Bertz CT molecular complexity index is 371. The van der Waals surface area contributed by atoms with Gasteiger partial charge in [-0.15, -0.1) is 11.3 Å². The Hall–Kier alpha value is -1.55. The Morgan fingerprint density at radius 1 is 1.36 bits per heavy atom. The van der Waals surface area contributed by atoms with Crippen molar-refractivity contribution in [3.05, 3.63) is 46.9 Å². The van der Waals surface area contributed by atoms with Crippen molar-refractivity contribution in [1.29, 1.82) is 0 Å². The van der Waals surface area contributed by atoms with Gasteiger partial charge >= 0.3 is 5.97 Å². The van der Waals surface area contributed by atoms with Crippen LogP contribution >= 0.6 is 11.3 Å². The second-order valence-corrected chi connectivity index (χ2v) is 3.87. The number of aliphatic carboxylic acids is 1. The van der Waals surface area contributed by atoms with Crippen molar-refractivity contribution in [2.45, 2.75) is 6.04 Å². The second kappa shape index (κ2) is 3.67. The maximum Gasteiger partial charge on any atom is 0.332 e. The summed E-state index contributed by atoms with van der Waals surface area (Å²) in [4.78, 5) is 11.9. The maximum atomic E-state index is 11.1. The van der Waals surface area contributed by atoms with E-state index in [-0.39, 0.29) is 0 Å². The zero-order chi connectivity index (χ0) is 9.97. The van der Waals surface area contributed by atoms with E-state index < -0.39 is 12.0 Å². The highest BCUT2D eigenvalue weighted by Gasteiger charge is 2.21. The molecule has 14 heavy (non-hydrogen) atoms. The Balaban J connectivity index is 2.40. The molecule has 4 heteroatoms. The highest BCUT2D eigenvalue weighted by molar-refractivity contribution is 7.10. The third-order valence-corrected chi connectivity index (χ3v) is 2.90. The summed E-state index contributed by atoms with van der Waals surface area (Å²) in [6.07, 6.45) is 3.52. The van der Waals surface area contributed by atoms with E-state index in [9.17, 15) is 4.79 Å². The van der Waals surface area contributed by atoms with Crippen molar-refractivity contribution in [2.24, 2.45) is 0 Å². The van der Waals surface area contributed by atoms with E-state index >= 15 is 0 Å². The van der Waals surface area contributed by atoms with Crippen molar-refractivity contribution < 1.29 is 9.90 Å². The first-order valence-electron chi connectivity index (χ1n) is 4.17. The molecule has 0 amide bonds. The molecule has 1 unspecified atom stereocenters. The minimum absolute atomic E-state index is 0.593. The van der Waals surface area contributed by atoms with Crippen LogP contribution in [0.3, 0.4) is 0 Å². The first-order chi connectivity index (χ1) is 6.79. The Morgan fingerprint density at radius 2 is 2.07 bits per heavy atom. The molecule has 0 bridgehead atoms. The van der Waals surface area contributed by atoms with Crippen LogP contribution in [0.4, 0.5) is 0 Å². The number of hydrogen-bond donors (Lipinski definition) is 1. The summed E-state index contributed by atoms with van der Waals surface area (Å²) >= 11 is 1.46. The number of carboxylic acids is 1. The second-order valence-electron chi connectivity index (χ2n) is 2.89. The van der Waals surface area contributed by atoms with Crippen molar-refractivity contribution in [3.63, 3.8) is 0 Å². The van der Waals surface area contributed by atoms with Crippen molar-refractivity contribution in [3.8, 4) is 0 Å². The zero-order valence-corrected chi connectivity index (χ0v) is 8.15. The smallest absolute Gasteiger partial charge is 0.332 e. The molecule has 72 valence electrons. The molecule has 2 aromatic rings. The molecular weight excluding hydrogens is 198 g/mol. The van der Waals surface area contributed by atoms with Crippen LogP contribution in [0.25, 0.3) is 0 Å². The van der Waals surface area contributed by atoms with E-state index in [1.54, 1.807) is 17.0 Å². The fraction of sp³-hybridized carbons (Fsp3) is 0.100. The van der Waals surface area contributed by atoms with Crippen LogP contribution in [0.15, 0.2) is 42.0 Å². The first-order valence-corrected chi connectivity index (χ1v) is 5.05. The third-order valence-electron chi connectivity index (χ3n) is 1.97. The molecule has 0 radical (unpaired) electrons. The quantitative estimate of drug-likeness (QED) is 0.838. The molecule has 0 spiro atoms. The van der Waals surface area contributed by atoms with E-state index in [0.29, 0.717) is 0 Å². The molecular formula is C10H9NO2S. The van der Waals surface area contributed by atoms with E-state index in [2.05, 4.69) is 0 Å². The molecule has 2 heterocycles. The summed E-state index contributed by atoms with van der Waals surface area (Å²) < 4.78 is 1.69. The van der Waals surface area contributed by atoms with E-state index in [1.165, 1.54) is 11.3 Å². The molecule has 0 aliphatic rings. The fourth-order valence-corrected chi connectivity index (χ4v) is 2.19. The molecule has 2 aromatic heterocycles. The topological polar surface area (TPSA) is 42.2 Å². The summed E-state index contributed by atoms with van der Waals surface area (Å²) in [7, 11) is 0. The highest BCUT2D eigenvalue weighted by atomic mass is 32.1. The molecule has 0 saturated carbocycles. The van der Waals surface area contributed by atoms with E-state index in [0.717, 1.165) is 4.88 Å². The lowest BCUT2D eigenvalue weighted by molar-refractivity contribution is -0.139. The monoisotopic (exact) mass is 207 g/mol. The van der Waals surface area contributed by atoms with Crippen molar-refractivity contribution in [1.82, 2.24) is 4.57 Å². The summed E-state index contributed by atoms with van der Waals surface area (Å²) in [6.45, 7) is 0. The summed E-state index contributed by atoms with van der Waals surface area (Å²) in [5.41, 5.74) is 0. The van der Waals surface area contributed by atoms with Crippen LogP contribution in [0.5, 0.6) is 0 Å². The summed E-state index contributed by atoms with van der Waals surface area (Å²) in [5.74, 6) is -0.830. The molecule has 0 aliphatic carbocycles. The number of carboxylic acid groups (broad SMARTS) is 1. The van der Waals surface area contributed by atoms with Gasteiger partial charge in [-0.1, -0.05) is 6.07 Å². The SMILES string of the molecule is O=C(O)C(c1cccs1)n1cccc1. The normalized spacial score (nSPS) is 12.6. The molecule has 0 saturated heterocycles. The summed E-state index contributed by atoms with van der Waals surface area (Å²) in [5, 5.41) is 11.0. The van der Waals surface area contributed by atoms with Crippen LogP contribution < -0.4 is 0 Å². The largest absolute Gasteiger partial charge is 0.479 e. The predicted octanol–water partition coefficient (Wildman–Crippen LogP) is 2.22. The standard InChI is InChI=1S/C10H9NO2S/c12-10(13)9(8-4-3-7-14-8)11-5-1-2-6-11/h1-7,9H,(H,12,13). The summed E-state index contributed by atoms with van der Waals surface area (Å²) in [6, 6.07) is 6.75. The molecule has 0 fully saturated rings. The van der Waals surface area contributed by atoms with Crippen LogP contribution in [-0.4, -0.2) is 15.6 Å². The molecule has 1 N–H and O–H groups in total. The molecule has 2 rings (SSSR count). The number of hydrogen-bond acceptors (Lipinski definition) is 2. The Kier molecular flexibility index (Phi) is 2.37. The van der Waals surface area contributed by atoms with Crippen LogP contribution in [-0.2, 0) is 4.79 Å². The van der Waals surface area contributed by atoms with Gasteiger partial charge in [0.05, 0.1) is 0 Å². The lowest BCUT2D eigenvalue weighted by Gasteiger charge is -2.11. The van der Waals surface area contributed by atoms with Gasteiger partial charge in [0.15, 0.2) is 6.04 Å². The predicted molar refractivity (Wildman–Crippen MR) is 54.5 cm³/mol. The van der Waals surface area contributed by atoms with Gasteiger partial charge in [0.2, 0.25) is 0 Å². The number of aromatic nitrogens is 1. The molecule has 3 nitrogen and oxygen atoms in total. The van der Waals surface area contributed by atoms with Gasteiger partial charge in [-0.25, -0.2) is 4.79 Å². The van der Waals surface area contributed by atoms with Crippen molar-refractivity contribution in [2.75, 3.05) is 0 Å². The average Bonchev–Trinajstić information content (AvgIpc) is 2.75. The minimum Gasteiger partial charge on any atom is -0.479 e. The van der Waals surface area contributed by atoms with Crippen LogP contribution in [0, 0.1) is 0 Å². The van der Waals surface area contributed by atoms with Crippen LogP contribution in [0.1, 0.15) is 10.9 Å². The van der Waals surface area contributed by atoms with E-state index in [1.807, 2.05) is 29.6 Å². The van der Waals surface area contributed by atoms with Gasteiger partial charge in [0.25, 0.3) is 0 Å². The molecule has 0 aromatic carbocycles. The minimum atomic E-state index is -0.830. The Morgan fingerprint density at radius 3 is 2.57 bits per heavy atom. The lowest BCUT2D eigenvalue weighted by Crippen LogP contribution is -2.17. The molecule has 1 atom stereocenters. The Labute approximate surface area is 85.2 Å². The van der Waals surface area contributed by atoms with E-state index in [4.69, 9.17) is 5.11 Å². The molecule has 0 aliphatic heterocycles. The van der Waals surface area contributed by atoms with Gasteiger partial charge in [-0.05, 0) is 23.6 Å². The van der Waals surface area contributed by atoms with Gasteiger partial charge < -0.3 is 9.67 Å². The van der Waals surface area contributed by atoms with Gasteiger partial charge in [-0.2, -0.15) is 0 Å². The number of nitrogens with zero attached hydrogens (tertiary/aromatic N) is 1. The average molecular weight is 207 g/mol. The van der Waals surface area contributed by atoms with Gasteiger partial charge in [0.1, 0.15) is 0 Å². The lowest BCUT2D eigenvalue weighted by atomic mass is 10.2.